The maximum absolute atomic E-state index is 13.2. The molecular weight excluding hydrogens is 306 g/mol. The van der Waals surface area contributed by atoms with Gasteiger partial charge in [-0.05, 0) is 42.5 Å². The van der Waals surface area contributed by atoms with Gasteiger partial charge in [0.15, 0.2) is 4.77 Å². The zero-order chi connectivity index (χ0) is 13.6. The first kappa shape index (κ1) is 12.7. The van der Waals surface area contributed by atoms with Gasteiger partial charge >= 0.3 is 0 Å². The second-order valence-corrected chi connectivity index (χ2v) is 5.17. The van der Waals surface area contributed by atoms with Gasteiger partial charge in [-0.3, -0.25) is 4.57 Å². The average molecular weight is 313 g/mol. The van der Waals surface area contributed by atoms with E-state index < -0.39 is 0 Å². The predicted octanol–water partition coefficient (Wildman–Crippen LogP) is 5.13. The number of nitrogens with zero attached hydrogens (tertiary/aromatic N) is 1. The largest absolute Gasteiger partial charge is 0.330 e. The highest BCUT2D eigenvalue weighted by molar-refractivity contribution is 7.71. The van der Waals surface area contributed by atoms with Crippen LogP contribution in [-0.2, 0) is 0 Å². The van der Waals surface area contributed by atoms with Gasteiger partial charge in [0.05, 0.1) is 26.8 Å². The van der Waals surface area contributed by atoms with Crippen LogP contribution in [0.3, 0.4) is 0 Å². The lowest BCUT2D eigenvalue weighted by Crippen LogP contribution is -1.95. The van der Waals surface area contributed by atoms with Gasteiger partial charge < -0.3 is 4.98 Å². The van der Waals surface area contributed by atoms with E-state index in [4.69, 9.17) is 35.4 Å². The van der Waals surface area contributed by atoms with Gasteiger partial charge in [-0.15, -0.1) is 0 Å². The molecule has 1 aromatic heterocycles. The summed E-state index contributed by atoms with van der Waals surface area (Å²) in [5, 5.41) is 0.850. The molecule has 0 bridgehead atoms. The lowest BCUT2D eigenvalue weighted by molar-refractivity contribution is 0.629. The minimum atomic E-state index is -0.326. The fourth-order valence-corrected chi connectivity index (χ4v) is 2.67. The topological polar surface area (TPSA) is 20.7 Å². The molecule has 0 fully saturated rings. The third kappa shape index (κ3) is 2.06. The first-order valence-electron chi connectivity index (χ1n) is 5.42. The van der Waals surface area contributed by atoms with Crippen molar-refractivity contribution in [2.45, 2.75) is 0 Å². The second kappa shape index (κ2) is 4.63. The molecule has 0 atom stereocenters. The number of aromatic amines is 1. The number of halogens is 3. The van der Waals surface area contributed by atoms with E-state index in [0.717, 1.165) is 5.52 Å². The molecule has 3 rings (SSSR count). The lowest BCUT2D eigenvalue weighted by Gasteiger charge is -2.08. The van der Waals surface area contributed by atoms with Crippen molar-refractivity contribution in [2.24, 2.45) is 0 Å². The molecule has 19 heavy (non-hydrogen) atoms. The zero-order valence-electron chi connectivity index (χ0n) is 9.45. The van der Waals surface area contributed by atoms with Crippen molar-refractivity contribution in [1.29, 1.82) is 0 Å². The number of hydrogen-bond donors (Lipinski definition) is 1. The number of benzene rings is 2. The summed E-state index contributed by atoms with van der Waals surface area (Å²) in [7, 11) is 0. The number of H-pyrrole nitrogens is 1. The van der Waals surface area contributed by atoms with Crippen molar-refractivity contribution < 1.29 is 4.39 Å². The standard InChI is InChI=1S/C13H7Cl2FN2S/c14-8-2-1-3-11(12(8)15)18-10-5-4-7(16)6-9(10)17-13(18)19/h1-6H,(H,17,19). The number of hydrogen-bond acceptors (Lipinski definition) is 1. The summed E-state index contributed by atoms with van der Waals surface area (Å²) < 4.78 is 15.4. The first-order valence-corrected chi connectivity index (χ1v) is 6.59. The van der Waals surface area contributed by atoms with Crippen molar-refractivity contribution in [3.05, 3.63) is 57.0 Å². The summed E-state index contributed by atoms with van der Waals surface area (Å²) in [5.41, 5.74) is 2.02. The molecule has 6 heteroatoms. The number of imidazole rings is 1. The average Bonchev–Trinajstić information content (AvgIpc) is 2.68. The predicted molar refractivity (Wildman–Crippen MR) is 78.4 cm³/mol. The lowest BCUT2D eigenvalue weighted by atomic mass is 10.2. The van der Waals surface area contributed by atoms with Crippen LogP contribution in [-0.4, -0.2) is 9.55 Å². The molecule has 0 aliphatic heterocycles. The van der Waals surface area contributed by atoms with Crippen molar-refractivity contribution in [3.63, 3.8) is 0 Å². The van der Waals surface area contributed by atoms with Gasteiger partial charge in [0, 0.05) is 0 Å². The smallest absolute Gasteiger partial charge is 0.182 e. The molecule has 1 N–H and O–H groups in total. The minimum Gasteiger partial charge on any atom is -0.330 e. The third-order valence-electron chi connectivity index (χ3n) is 2.82. The first-order chi connectivity index (χ1) is 9.08. The Labute approximate surface area is 123 Å². The molecule has 3 aromatic rings. The van der Waals surface area contributed by atoms with Gasteiger partial charge in [-0.25, -0.2) is 4.39 Å². The Morgan fingerprint density at radius 3 is 2.74 bits per heavy atom. The van der Waals surface area contributed by atoms with Crippen molar-refractivity contribution in [3.8, 4) is 5.69 Å². The van der Waals surface area contributed by atoms with Crippen molar-refractivity contribution in [1.82, 2.24) is 9.55 Å². The molecular formula is C13H7Cl2FN2S. The number of rotatable bonds is 1. The monoisotopic (exact) mass is 312 g/mol. The molecule has 2 aromatic carbocycles. The Balaban J connectivity index is 2.40. The van der Waals surface area contributed by atoms with Crippen LogP contribution in [0.25, 0.3) is 16.7 Å². The quantitative estimate of drug-likeness (QED) is 0.617. The molecule has 0 saturated heterocycles. The van der Waals surface area contributed by atoms with E-state index >= 15 is 0 Å². The van der Waals surface area contributed by atoms with Crippen molar-refractivity contribution >= 4 is 46.5 Å². The number of aromatic nitrogens is 2. The highest BCUT2D eigenvalue weighted by atomic mass is 35.5. The van der Waals surface area contributed by atoms with Crippen LogP contribution in [0.5, 0.6) is 0 Å². The normalized spacial score (nSPS) is 11.1. The Morgan fingerprint density at radius 2 is 1.95 bits per heavy atom. The Kier molecular flexibility index (Phi) is 3.09. The molecule has 1 heterocycles. The van der Waals surface area contributed by atoms with E-state index in [0.29, 0.717) is 26.0 Å². The maximum atomic E-state index is 13.2. The van der Waals surface area contributed by atoms with Crippen LogP contribution >= 0.6 is 35.4 Å². The van der Waals surface area contributed by atoms with Crippen LogP contribution in [0, 0.1) is 10.6 Å². The Bertz CT molecular complexity index is 838. The van der Waals surface area contributed by atoms with Crippen LogP contribution in [0.2, 0.25) is 10.0 Å². The number of fused-ring (bicyclic) bond motifs is 1. The maximum Gasteiger partial charge on any atom is 0.182 e. The molecule has 96 valence electrons. The Morgan fingerprint density at radius 1 is 1.16 bits per heavy atom. The number of nitrogens with one attached hydrogen (secondary N) is 1. The summed E-state index contributed by atoms with van der Waals surface area (Å²) in [4.78, 5) is 2.95. The molecule has 0 saturated carbocycles. The molecule has 0 unspecified atom stereocenters. The second-order valence-electron chi connectivity index (χ2n) is 4.00. The van der Waals surface area contributed by atoms with E-state index in [-0.39, 0.29) is 5.82 Å². The summed E-state index contributed by atoms with van der Waals surface area (Å²) in [6.07, 6.45) is 0. The van der Waals surface area contributed by atoms with Gasteiger partial charge in [-0.1, -0.05) is 29.3 Å². The van der Waals surface area contributed by atoms with E-state index in [2.05, 4.69) is 4.98 Å². The minimum absolute atomic E-state index is 0.326. The van der Waals surface area contributed by atoms with Crippen LogP contribution < -0.4 is 0 Å². The molecule has 0 radical (unpaired) electrons. The highest BCUT2D eigenvalue weighted by Crippen LogP contribution is 2.31. The summed E-state index contributed by atoms with van der Waals surface area (Å²) in [5.74, 6) is -0.326. The fourth-order valence-electron chi connectivity index (χ4n) is 1.99. The SMILES string of the molecule is Fc1ccc2c(c1)[nH]c(=S)n2-c1cccc(Cl)c1Cl. The third-order valence-corrected chi connectivity index (χ3v) is 3.91. The molecule has 2 nitrogen and oxygen atoms in total. The highest BCUT2D eigenvalue weighted by Gasteiger charge is 2.11. The van der Waals surface area contributed by atoms with Crippen LogP contribution in [0.15, 0.2) is 36.4 Å². The molecule has 0 spiro atoms. The van der Waals surface area contributed by atoms with Crippen LogP contribution in [0.4, 0.5) is 4.39 Å². The fraction of sp³-hybridized carbons (Fsp3) is 0. The van der Waals surface area contributed by atoms with Gasteiger partial charge in [0.2, 0.25) is 0 Å². The van der Waals surface area contributed by atoms with E-state index in [1.807, 2.05) is 0 Å². The van der Waals surface area contributed by atoms with E-state index in [9.17, 15) is 4.39 Å². The molecule has 0 amide bonds. The van der Waals surface area contributed by atoms with Crippen molar-refractivity contribution in [2.75, 3.05) is 0 Å². The van der Waals surface area contributed by atoms with Gasteiger partial charge in [-0.2, -0.15) is 0 Å². The molecule has 0 aliphatic carbocycles. The van der Waals surface area contributed by atoms with Gasteiger partial charge in [0.1, 0.15) is 5.82 Å². The zero-order valence-corrected chi connectivity index (χ0v) is 11.8. The van der Waals surface area contributed by atoms with Gasteiger partial charge in [0.25, 0.3) is 0 Å². The molecule has 0 aliphatic rings. The van der Waals surface area contributed by atoms with E-state index in [1.165, 1.54) is 12.1 Å². The van der Waals surface area contributed by atoms with E-state index in [1.54, 1.807) is 28.8 Å². The Hall–Kier alpha value is -1.36. The van der Waals surface area contributed by atoms with Crippen LogP contribution in [0.1, 0.15) is 0 Å². The summed E-state index contributed by atoms with van der Waals surface area (Å²) in [6, 6.07) is 9.70. The summed E-state index contributed by atoms with van der Waals surface area (Å²) in [6.45, 7) is 0. The summed E-state index contributed by atoms with van der Waals surface area (Å²) >= 11 is 17.5.